The minimum atomic E-state index is -0.150. The van der Waals surface area contributed by atoms with Crippen LogP contribution in [-0.2, 0) is 0 Å². The molecule has 3 heterocycles. The number of aromatic nitrogens is 3. The van der Waals surface area contributed by atoms with Crippen molar-refractivity contribution in [3.8, 4) is 0 Å². The van der Waals surface area contributed by atoms with Crippen molar-refractivity contribution in [1.82, 2.24) is 20.3 Å². The van der Waals surface area contributed by atoms with Crippen molar-refractivity contribution in [2.24, 2.45) is 0 Å². The molecule has 2 aromatic rings. The van der Waals surface area contributed by atoms with E-state index in [9.17, 15) is 4.79 Å². The van der Waals surface area contributed by atoms with Crippen LogP contribution >= 0.6 is 0 Å². The fourth-order valence-electron chi connectivity index (χ4n) is 2.81. The first-order valence-corrected chi connectivity index (χ1v) is 7.48. The van der Waals surface area contributed by atoms with Crippen LogP contribution in [0.5, 0.6) is 0 Å². The maximum absolute atomic E-state index is 11.7. The van der Waals surface area contributed by atoms with Gasteiger partial charge in [0, 0.05) is 44.1 Å². The number of piperidine rings is 1. The largest absolute Gasteiger partial charge is 0.355 e. The second-order valence-corrected chi connectivity index (χ2v) is 5.38. The van der Waals surface area contributed by atoms with Crippen molar-refractivity contribution in [3.05, 3.63) is 48.2 Å². The van der Waals surface area contributed by atoms with Gasteiger partial charge >= 0.3 is 0 Å². The smallest absolute Gasteiger partial charge is 0.269 e. The Hall–Kier alpha value is -2.50. The van der Waals surface area contributed by atoms with E-state index >= 15 is 0 Å². The molecule has 6 heteroatoms. The monoisotopic (exact) mass is 297 g/mol. The number of amides is 1. The van der Waals surface area contributed by atoms with Crippen molar-refractivity contribution in [3.63, 3.8) is 0 Å². The third-order valence-corrected chi connectivity index (χ3v) is 3.94. The van der Waals surface area contributed by atoms with Gasteiger partial charge in [-0.2, -0.15) is 0 Å². The topological polar surface area (TPSA) is 71.0 Å². The molecule has 1 amide bonds. The summed E-state index contributed by atoms with van der Waals surface area (Å²) in [5, 5.41) is 2.62. The molecule has 1 atom stereocenters. The van der Waals surface area contributed by atoms with Crippen LogP contribution in [0.1, 0.15) is 34.9 Å². The molecule has 1 N–H and O–H groups in total. The molecule has 114 valence electrons. The highest BCUT2D eigenvalue weighted by molar-refractivity contribution is 5.92. The van der Waals surface area contributed by atoms with Gasteiger partial charge in [0.25, 0.3) is 5.91 Å². The zero-order valence-corrected chi connectivity index (χ0v) is 12.6. The van der Waals surface area contributed by atoms with Gasteiger partial charge in [0.1, 0.15) is 11.5 Å². The van der Waals surface area contributed by atoms with Crippen LogP contribution in [0.3, 0.4) is 0 Å². The van der Waals surface area contributed by atoms with Gasteiger partial charge < -0.3 is 10.2 Å². The molecule has 22 heavy (non-hydrogen) atoms. The second kappa shape index (κ2) is 6.51. The lowest BCUT2D eigenvalue weighted by Crippen LogP contribution is -2.35. The maximum Gasteiger partial charge on any atom is 0.269 e. The summed E-state index contributed by atoms with van der Waals surface area (Å²) in [5.74, 6) is 1.05. The Kier molecular flexibility index (Phi) is 4.27. The van der Waals surface area contributed by atoms with Crippen molar-refractivity contribution >= 4 is 11.7 Å². The Morgan fingerprint density at radius 1 is 1.36 bits per heavy atom. The number of carbonyl (C=O) groups excluding carboxylic acids is 1. The summed E-state index contributed by atoms with van der Waals surface area (Å²) in [6.45, 7) is 1.83. The predicted octanol–water partition coefficient (Wildman–Crippen LogP) is 1.62. The molecule has 0 spiro atoms. The minimum absolute atomic E-state index is 0.150. The van der Waals surface area contributed by atoms with E-state index in [1.807, 2.05) is 12.1 Å². The van der Waals surface area contributed by atoms with Crippen LogP contribution in [-0.4, -0.2) is 41.0 Å². The molecule has 3 rings (SSSR count). The molecule has 0 aliphatic carbocycles. The van der Waals surface area contributed by atoms with Gasteiger partial charge in [-0.05, 0) is 25.0 Å². The van der Waals surface area contributed by atoms with Crippen LogP contribution in [0.25, 0.3) is 0 Å². The Bertz CT molecular complexity index is 646. The molecular formula is C16H19N5O. The maximum atomic E-state index is 11.7. The Balaban J connectivity index is 1.79. The van der Waals surface area contributed by atoms with Crippen molar-refractivity contribution in [2.45, 2.75) is 18.8 Å². The van der Waals surface area contributed by atoms with Crippen LogP contribution in [0.15, 0.2) is 36.8 Å². The zero-order valence-electron chi connectivity index (χ0n) is 12.6. The highest BCUT2D eigenvalue weighted by Crippen LogP contribution is 2.27. The van der Waals surface area contributed by atoms with E-state index in [-0.39, 0.29) is 5.91 Å². The molecule has 1 aliphatic rings. The number of nitrogens with one attached hydrogen (secondary N) is 1. The standard InChI is InChI=1S/C16H19N5O/c1-17-16(22)14-6-2-5-13(20-14)12-4-3-9-21(11-12)15-10-18-7-8-19-15/h2,5-8,10,12H,3-4,9,11H2,1H3,(H,17,22)/t12-/m1/s1. The molecule has 0 unspecified atom stereocenters. The second-order valence-electron chi connectivity index (χ2n) is 5.38. The van der Waals surface area contributed by atoms with Crippen molar-refractivity contribution in [1.29, 1.82) is 0 Å². The molecular weight excluding hydrogens is 278 g/mol. The lowest BCUT2D eigenvalue weighted by molar-refractivity contribution is 0.0958. The predicted molar refractivity (Wildman–Crippen MR) is 83.8 cm³/mol. The molecule has 1 fully saturated rings. The molecule has 0 radical (unpaired) electrons. The van der Waals surface area contributed by atoms with Crippen LogP contribution in [0.2, 0.25) is 0 Å². The highest BCUT2D eigenvalue weighted by atomic mass is 16.1. The number of carbonyl (C=O) groups is 1. The third kappa shape index (κ3) is 3.05. The number of nitrogens with zero attached hydrogens (tertiary/aromatic N) is 4. The van der Waals surface area contributed by atoms with E-state index in [2.05, 4.69) is 25.2 Å². The lowest BCUT2D eigenvalue weighted by Gasteiger charge is -2.33. The van der Waals surface area contributed by atoms with E-state index in [0.29, 0.717) is 11.6 Å². The average molecular weight is 297 g/mol. The summed E-state index contributed by atoms with van der Waals surface area (Å²) in [6.07, 6.45) is 7.33. The number of anilines is 1. The van der Waals surface area contributed by atoms with E-state index in [4.69, 9.17) is 0 Å². The summed E-state index contributed by atoms with van der Waals surface area (Å²) < 4.78 is 0. The SMILES string of the molecule is CNC(=O)c1cccc([C@@H]2CCCN(c3cnccn3)C2)n1. The first-order chi connectivity index (χ1) is 10.8. The molecule has 1 aliphatic heterocycles. The van der Waals surface area contributed by atoms with Crippen molar-refractivity contribution in [2.75, 3.05) is 25.0 Å². The van der Waals surface area contributed by atoms with E-state index in [0.717, 1.165) is 37.4 Å². The van der Waals surface area contributed by atoms with Gasteiger partial charge in [-0.1, -0.05) is 6.07 Å². The zero-order chi connectivity index (χ0) is 15.4. The van der Waals surface area contributed by atoms with E-state index in [1.54, 1.807) is 31.7 Å². The van der Waals surface area contributed by atoms with Crippen LogP contribution < -0.4 is 10.2 Å². The summed E-state index contributed by atoms with van der Waals surface area (Å²) in [4.78, 5) is 27.0. The van der Waals surface area contributed by atoms with Gasteiger partial charge in [0.05, 0.1) is 6.20 Å². The normalized spacial score (nSPS) is 18.0. The number of pyridine rings is 1. The van der Waals surface area contributed by atoms with Gasteiger partial charge in [-0.25, -0.2) is 9.97 Å². The minimum Gasteiger partial charge on any atom is -0.355 e. The first-order valence-electron chi connectivity index (χ1n) is 7.48. The fourth-order valence-corrected chi connectivity index (χ4v) is 2.81. The molecule has 0 saturated carbocycles. The Morgan fingerprint density at radius 2 is 2.27 bits per heavy atom. The molecule has 6 nitrogen and oxygen atoms in total. The van der Waals surface area contributed by atoms with Gasteiger partial charge in [-0.15, -0.1) is 0 Å². The summed E-state index contributed by atoms with van der Waals surface area (Å²) in [6, 6.07) is 5.64. The summed E-state index contributed by atoms with van der Waals surface area (Å²) >= 11 is 0. The average Bonchev–Trinajstić information content (AvgIpc) is 2.62. The summed E-state index contributed by atoms with van der Waals surface area (Å²) in [5.41, 5.74) is 1.44. The molecule has 1 saturated heterocycles. The fraction of sp³-hybridized carbons (Fsp3) is 0.375. The Labute approximate surface area is 129 Å². The van der Waals surface area contributed by atoms with Gasteiger partial charge in [0.2, 0.25) is 0 Å². The van der Waals surface area contributed by atoms with Gasteiger partial charge in [0.15, 0.2) is 0 Å². The number of hydrogen-bond acceptors (Lipinski definition) is 5. The molecule has 0 aromatic carbocycles. The third-order valence-electron chi connectivity index (χ3n) is 3.94. The van der Waals surface area contributed by atoms with E-state index in [1.165, 1.54) is 0 Å². The Morgan fingerprint density at radius 3 is 3.05 bits per heavy atom. The molecule has 2 aromatic heterocycles. The number of hydrogen-bond donors (Lipinski definition) is 1. The number of rotatable bonds is 3. The summed E-state index contributed by atoms with van der Waals surface area (Å²) in [7, 11) is 1.62. The van der Waals surface area contributed by atoms with Crippen LogP contribution in [0.4, 0.5) is 5.82 Å². The van der Waals surface area contributed by atoms with Crippen molar-refractivity contribution < 1.29 is 4.79 Å². The van der Waals surface area contributed by atoms with Crippen LogP contribution in [0, 0.1) is 0 Å². The lowest BCUT2D eigenvalue weighted by atomic mass is 9.94. The highest BCUT2D eigenvalue weighted by Gasteiger charge is 2.23. The van der Waals surface area contributed by atoms with E-state index < -0.39 is 0 Å². The quantitative estimate of drug-likeness (QED) is 0.932. The molecule has 0 bridgehead atoms. The first kappa shape index (κ1) is 14.4. The van der Waals surface area contributed by atoms with Gasteiger partial charge in [-0.3, -0.25) is 9.78 Å².